The van der Waals surface area contributed by atoms with Gasteiger partial charge in [-0.25, -0.2) is 9.97 Å². The van der Waals surface area contributed by atoms with E-state index < -0.39 is 0 Å². The fourth-order valence-corrected chi connectivity index (χ4v) is 2.72. The number of benzene rings is 1. The smallest absolute Gasteiger partial charge is 0.163 e. The summed E-state index contributed by atoms with van der Waals surface area (Å²) in [6.07, 6.45) is 5.39. The van der Waals surface area contributed by atoms with Crippen LogP contribution in [0, 0.1) is 0 Å². The summed E-state index contributed by atoms with van der Waals surface area (Å²) in [5.74, 6) is 2.16. The van der Waals surface area contributed by atoms with Crippen LogP contribution >= 0.6 is 0 Å². The van der Waals surface area contributed by atoms with Crippen molar-refractivity contribution in [3.63, 3.8) is 0 Å². The van der Waals surface area contributed by atoms with Crippen molar-refractivity contribution in [2.24, 2.45) is 0 Å². The number of nitrogens with one attached hydrogen (secondary N) is 2. The fraction of sp³-hybridized carbons (Fsp3) is 0.0909. The lowest BCUT2D eigenvalue weighted by molar-refractivity contribution is 1.02. The normalized spacial score (nSPS) is 10.4. The van der Waals surface area contributed by atoms with Gasteiger partial charge in [-0.05, 0) is 23.8 Å². The Labute approximate surface area is 163 Å². The summed E-state index contributed by atoms with van der Waals surface area (Å²) in [7, 11) is 0. The first-order valence-corrected chi connectivity index (χ1v) is 9.08. The summed E-state index contributed by atoms with van der Waals surface area (Å²) in [5, 5.41) is 6.71. The van der Waals surface area contributed by atoms with Crippen LogP contribution < -0.4 is 10.6 Å². The van der Waals surface area contributed by atoms with Gasteiger partial charge in [-0.1, -0.05) is 42.5 Å². The predicted octanol–water partition coefficient (Wildman–Crippen LogP) is 4.16. The van der Waals surface area contributed by atoms with Crippen LogP contribution in [0.15, 0.2) is 85.3 Å². The van der Waals surface area contributed by atoms with Gasteiger partial charge in [0.15, 0.2) is 5.82 Å². The average Bonchev–Trinajstić information content (AvgIpc) is 2.78. The Morgan fingerprint density at radius 2 is 1.50 bits per heavy atom. The van der Waals surface area contributed by atoms with Crippen molar-refractivity contribution in [2.45, 2.75) is 13.1 Å². The Balaban J connectivity index is 1.57. The van der Waals surface area contributed by atoms with E-state index in [1.165, 1.54) is 0 Å². The molecule has 0 fully saturated rings. The minimum atomic E-state index is 0.591. The lowest BCUT2D eigenvalue weighted by Crippen LogP contribution is -2.07. The molecule has 4 aromatic rings. The molecule has 0 bridgehead atoms. The Kier molecular flexibility index (Phi) is 5.49. The third kappa shape index (κ3) is 4.67. The van der Waals surface area contributed by atoms with E-state index in [4.69, 9.17) is 0 Å². The fourth-order valence-electron chi connectivity index (χ4n) is 2.72. The molecule has 2 N–H and O–H groups in total. The van der Waals surface area contributed by atoms with Gasteiger partial charge >= 0.3 is 0 Å². The third-order valence-electron chi connectivity index (χ3n) is 4.13. The minimum absolute atomic E-state index is 0.591. The average molecular weight is 368 g/mol. The SMILES string of the molecule is c1ccc(-c2nc(NCc3cccnc3)cc(NCc3ccccn3)n2)cc1. The number of nitrogens with zero attached hydrogens (tertiary/aromatic N) is 4. The summed E-state index contributed by atoms with van der Waals surface area (Å²) in [6.45, 7) is 1.23. The zero-order valence-electron chi connectivity index (χ0n) is 15.3. The Morgan fingerprint density at radius 1 is 0.714 bits per heavy atom. The second kappa shape index (κ2) is 8.73. The molecule has 1 aromatic carbocycles. The first-order valence-electron chi connectivity index (χ1n) is 9.08. The van der Waals surface area contributed by atoms with Crippen LogP contribution in [-0.4, -0.2) is 19.9 Å². The Bertz CT molecular complexity index is 945. The second-order valence-corrected chi connectivity index (χ2v) is 6.22. The maximum absolute atomic E-state index is 4.68. The van der Waals surface area contributed by atoms with Gasteiger partial charge < -0.3 is 10.6 Å². The molecular formula is C22H20N6. The molecule has 6 heteroatoms. The van der Waals surface area contributed by atoms with Gasteiger partial charge in [0, 0.05) is 36.8 Å². The molecule has 0 aliphatic carbocycles. The Hall–Kier alpha value is -3.80. The van der Waals surface area contributed by atoms with E-state index in [0.29, 0.717) is 18.9 Å². The van der Waals surface area contributed by atoms with Gasteiger partial charge in [0.2, 0.25) is 0 Å². The first kappa shape index (κ1) is 17.6. The molecule has 0 amide bonds. The Morgan fingerprint density at radius 3 is 2.21 bits per heavy atom. The van der Waals surface area contributed by atoms with Crippen LogP contribution in [-0.2, 0) is 13.1 Å². The molecule has 3 aromatic heterocycles. The van der Waals surface area contributed by atoms with Crippen LogP contribution in [0.1, 0.15) is 11.3 Å². The topological polar surface area (TPSA) is 75.6 Å². The van der Waals surface area contributed by atoms with Gasteiger partial charge in [-0.15, -0.1) is 0 Å². The molecule has 4 rings (SSSR count). The highest BCUT2D eigenvalue weighted by atomic mass is 15.1. The molecule has 3 heterocycles. The highest BCUT2D eigenvalue weighted by Crippen LogP contribution is 2.21. The molecule has 0 radical (unpaired) electrons. The van der Waals surface area contributed by atoms with Crippen molar-refractivity contribution < 1.29 is 0 Å². The van der Waals surface area contributed by atoms with E-state index in [0.717, 1.165) is 28.5 Å². The van der Waals surface area contributed by atoms with Crippen LogP contribution in [0.2, 0.25) is 0 Å². The highest BCUT2D eigenvalue weighted by Gasteiger charge is 2.07. The molecular weight excluding hydrogens is 348 g/mol. The first-order chi connectivity index (χ1) is 13.9. The molecule has 0 unspecified atom stereocenters. The van der Waals surface area contributed by atoms with E-state index >= 15 is 0 Å². The number of aromatic nitrogens is 4. The molecule has 0 saturated heterocycles. The van der Waals surface area contributed by atoms with Crippen molar-refractivity contribution >= 4 is 11.6 Å². The number of anilines is 2. The zero-order chi connectivity index (χ0) is 19.0. The molecule has 0 spiro atoms. The standard InChI is InChI=1S/C22H20N6/c1-2-8-18(9-3-1)22-27-20(25-15-17-7-6-11-23-14-17)13-21(28-22)26-16-19-10-4-5-12-24-19/h1-14H,15-16H2,(H2,25,26,27,28). The third-order valence-corrected chi connectivity index (χ3v) is 4.13. The van der Waals surface area contributed by atoms with Gasteiger partial charge in [0.1, 0.15) is 11.6 Å². The zero-order valence-corrected chi connectivity index (χ0v) is 15.3. The number of hydrogen-bond acceptors (Lipinski definition) is 6. The second-order valence-electron chi connectivity index (χ2n) is 6.22. The molecule has 0 aliphatic rings. The van der Waals surface area contributed by atoms with E-state index in [1.54, 1.807) is 12.4 Å². The lowest BCUT2D eigenvalue weighted by Gasteiger charge is -2.11. The summed E-state index contributed by atoms with van der Waals surface area (Å²) in [5.41, 5.74) is 3.01. The van der Waals surface area contributed by atoms with E-state index in [1.807, 2.05) is 72.9 Å². The minimum Gasteiger partial charge on any atom is -0.366 e. The largest absolute Gasteiger partial charge is 0.366 e. The van der Waals surface area contributed by atoms with Crippen molar-refractivity contribution in [1.82, 2.24) is 19.9 Å². The summed E-state index contributed by atoms with van der Waals surface area (Å²) in [6, 6.07) is 21.7. The van der Waals surface area contributed by atoms with Crippen LogP contribution in [0.3, 0.4) is 0 Å². The molecule has 28 heavy (non-hydrogen) atoms. The van der Waals surface area contributed by atoms with E-state index in [2.05, 4.69) is 30.6 Å². The summed E-state index contributed by atoms with van der Waals surface area (Å²) in [4.78, 5) is 17.8. The quantitative estimate of drug-likeness (QED) is 0.510. The predicted molar refractivity (Wildman–Crippen MR) is 111 cm³/mol. The molecule has 0 atom stereocenters. The van der Waals surface area contributed by atoms with Gasteiger partial charge in [0.25, 0.3) is 0 Å². The van der Waals surface area contributed by atoms with Crippen LogP contribution in [0.25, 0.3) is 11.4 Å². The van der Waals surface area contributed by atoms with Gasteiger partial charge in [-0.2, -0.15) is 0 Å². The molecule has 6 nitrogen and oxygen atoms in total. The van der Waals surface area contributed by atoms with Crippen molar-refractivity contribution in [3.05, 3.63) is 96.6 Å². The van der Waals surface area contributed by atoms with E-state index in [-0.39, 0.29) is 0 Å². The molecule has 0 aliphatic heterocycles. The number of hydrogen-bond donors (Lipinski definition) is 2. The highest BCUT2D eigenvalue weighted by molar-refractivity contribution is 5.61. The summed E-state index contributed by atoms with van der Waals surface area (Å²) < 4.78 is 0. The molecule has 138 valence electrons. The van der Waals surface area contributed by atoms with Crippen LogP contribution in [0.5, 0.6) is 0 Å². The van der Waals surface area contributed by atoms with Crippen molar-refractivity contribution in [3.8, 4) is 11.4 Å². The van der Waals surface area contributed by atoms with E-state index in [9.17, 15) is 0 Å². The summed E-state index contributed by atoms with van der Waals surface area (Å²) >= 11 is 0. The number of pyridine rings is 2. The monoisotopic (exact) mass is 368 g/mol. The lowest BCUT2D eigenvalue weighted by atomic mass is 10.2. The van der Waals surface area contributed by atoms with Gasteiger partial charge in [0.05, 0.1) is 12.2 Å². The van der Waals surface area contributed by atoms with Crippen molar-refractivity contribution in [1.29, 1.82) is 0 Å². The maximum Gasteiger partial charge on any atom is 0.163 e. The van der Waals surface area contributed by atoms with Crippen LogP contribution in [0.4, 0.5) is 11.6 Å². The number of rotatable bonds is 7. The molecule has 0 saturated carbocycles. The van der Waals surface area contributed by atoms with Gasteiger partial charge in [-0.3, -0.25) is 9.97 Å². The maximum atomic E-state index is 4.68. The van der Waals surface area contributed by atoms with Crippen molar-refractivity contribution in [2.75, 3.05) is 10.6 Å².